The number of fused-ring (bicyclic) bond motifs is 1. The van der Waals surface area contributed by atoms with E-state index in [1.54, 1.807) is 6.07 Å². The molecule has 11 heteroatoms. The van der Waals surface area contributed by atoms with Gasteiger partial charge in [0, 0.05) is 18.0 Å². The first-order valence-corrected chi connectivity index (χ1v) is 13.7. The van der Waals surface area contributed by atoms with Crippen molar-refractivity contribution in [3.63, 3.8) is 0 Å². The summed E-state index contributed by atoms with van der Waals surface area (Å²) in [6.07, 6.45) is -0.983. The largest absolute Gasteiger partial charge is 0.493 e. The van der Waals surface area contributed by atoms with Crippen molar-refractivity contribution in [3.8, 4) is 5.75 Å². The summed E-state index contributed by atoms with van der Waals surface area (Å²) in [5.74, 6) is -0.133. The normalized spacial score (nSPS) is 12.4. The van der Waals surface area contributed by atoms with E-state index in [0.717, 1.165) is 29.5 Å². The second-order valence-corrected chi connectivity index (χ2v) is 9.79. The number of rotatable bonds is 15. The monoisotopic (exact) mass is 578 g/mol. The van der Waals surface area contributed by atoms with E-state index in [9.17, 15) is 22.8 Å². The van der Waals surface area contributed by atoms with Crippen LogP contribution in [-0.2, 0) is 44.5 Å². The Balaban J connectivity index is 1.57. The van der Waals surface area contributed by atoms with Gasteiger partial charge in [-0.2, -0.15) is 13.2 Å². The number of ether oxygens (including phenoxy) is 3. The van der Waals surface area contributed by atoms with Crippen molar-refractivity contribution >= 4 is 22.9 Å². The second-order valence-electron chi connectivity index (χ2n) is 9.79. The summed E-state index contributed by atoms with van der Waals surface area (Å²) in [4.78, 5) is 23.5. The lowest BCUT2D eigenvalue weighted by atomic mass is 9.94. The molecule has 1 atom stereocenters. The molecule has 0 aliphatic heterocycles. The first kappa shape index (κ1) is 31.9. The third-order valence-corrected chi connectivity index (χ3v) is 6.82. The van der Waals surface area contributed by atoms with E-state index in [-0.39, 0.29) is 41.8 Å². The van der Waals surface area contributed by atoms with Gasteiger partial charge in [-0.3, -0.25) is 9.59 Å². The molecule has 0 saturated carbocycles. The van der Waals surface area contributed by atoms with Crippen LogP contribution in [0.4, 0.5) is 13.2 Å². The number of hydrogen-bond acceptors (Lipinski definition) is 8. The highest BCUT2D eigenvalue weighted by atomic mass is 19.4. The molecule has 0 aliphatic rings. The van der Waals surface area contributed by atoms with Crippen LogP contribution in [0, 0.1) is 0 Å². The molecule has 1 N–H and O–H groups in total. The minimum absolute atomic E-state index is 0.0106. The van der Waals surface area contributed by atoms with Crippen molar-refractivity contribution in [1.29, 1.82) is 0 Å². The van der Waals surface area contributed by atoms with Gasteiger partial charge in [0.2, 0.25) is 0 Å². The van der Waals surface area contributed by atoms with Crippen LogP contribution in [-0.4, -0.2) is 44.5 Å². The topological polar surface area (TPSA) is 99.9 Å². The molecule has 3 rings (SSSR count). The standard InChI is InChI=1S/C30H37F3N2O6/c1-5-8-23-25(13-12-24-28(23)41-35-29(24)30(31,32)33)40-16-7-6-15-34-19(2)22-11-9-20(18-27(37)39-4)17-21(22)10-14-26(36)38-3/h9,11-13,17,19,34H,5-8,10,14-16,18H2,1-4H3. The number of unbranched alkanes of at least 4 members (excludes halogenated alkanes) is 1. The highest BCUT2D eigenvalue weighted by Crippen LogP contribution is 2.38. The van der Waals surface area contributed by atoms with Crippen molar-refractivity contribution in [1.82, 2.24) is 10.5 Å². The highest BCUT2D eigenvalue weighted by molar-refractivity contribution is 5.85. The molecule has 0 aliphatic carbocycles. The second kappa shape index (κ2) is 14.9. The zero-order chi connectivity index (χ0) is 30.0. The number of alkyl halides is 3. The Morgan fingerprint density at radius 3 is 2.49 bits per heavy atom. The van der Waals surface area contributed by atoms with Gasteiger partial charge in [-0.15, -0.1) is 0 Å². The number of benzene rings is 2. The van der Waals surface area contributed by atoms with E-state index in [2.05, 4.69) is 10.5 Å². The summed E-state index contributed by atoms with van der Waals surface area (Å²) in [7, 11) is 2.70. The Bertz CT molecular complexity index is 1320. The van der Waals surface area contributed by atoms with Crippen molar-refractivity contribution in [2.45, 2.75) is 71.0 Å². The summed E-state index contributed by atoms with van der Waals surface area (Å²) in [5, 5.41) is 6.69. The van der Waals surface area contributed by atoms with Crippen LogP contribution in [0.25, 0.3) is 11.0 Å². The lowest BCUT2D eigenvalue weighted by molar-refractivity contribution is -0.142. The van der Waals surface area contributed by atoms with Crippen molar-refractivity contribution in [2.24, 2.45) is 0 Å². The van der Waals surface area contributed by atoms with E-state index in [4.69, 9.17) is 18.7 Å². The number of carbonyl (C=O) groups excluding carboxylic acids is 2. The summed E-state index contributed by atoms with van der Waals surface area (Å²) < 4.78 is 60.3. The Kier molecular flexibility index (Phi) is 11.6. The van der Waals surface area contributed by atoms with Gasteiger partial charge in [0.1, 0.15) is 5.75 Å². The fourth-order valence-corrected chi connectivity index (χ4v) is 4.69. The molecule has 0 radical (unpaired) electrons. The molecule has 0 amide bonds. The number of carbonyl (C=O) groups is 2. The predicted molar refractivity (Wildman–Crippen MR) is 147 cm³/mol. The van der Waals surface area contributed by atoms with E-state index in [0.29, 0.717) is 43.7 Å². The molecule has 0 spiro atoms. The van der Waals surface area contributed by atoms with Crippen molar-refractivity contribution < 1.29 is 41.5 Å². The maximum Gasteiger partial charge on any atom is 0.437 e. The van der Waals surface area contributed by atoms with Gasteiger partial charge >= 0.3 is 18.1 Å². The summed E-state index contributed by atoms with van der Waals surface area (Å²) in [6.45, 7) is 5.06. The average Bonchev–Trinajstić information content (AvgIpc) is 3.39. The lowest BCUT2D eigenvalue weighted by Gasteiger charge is -2.19. The maximum absolute atomic E-state index is 13.2. The summed E-state index contributed by atoms with van der Waals surface area (Å²) in [5.41, 5.74) is 2.48. The van der Waals surface area contributed by atoms with Gasteiger partial charge in [-0.05, 0) is 68.0 Å². The van der Waals surface area contributed by atoms with E-state index < -0.39 is 11.9 Å². The van der Waals surface area contributed by atoms with E-state index in [1.807, 2.05) is 32.0 Å². The number of aryl methyl sites for hydroxylation is 2. The van der Waals surface area contributed by atoms with Gasteiger partial charge in [0.15, 0.2) is 11.3 Å². The Morgan fingerprint density at radius 1 is 1.05 bits per heavy atom. The number of halogens is 3. The highest BCUT2D eigenvalue weighted by Gasteiger charge is 2.37. The Morgan fingerprint density at radius 2 is 1.80 bits per heavy atom. The molecule has 1 heterocycles. The molecule has 1 aromatic heterocycles. The maximum atomic E-state index is 13.2. The molecule has 2 aromatic carbocycles. The Labute approximate surface area is 237 Å². The minimum atomic E-state index is -4.59. The molecule has 0 bridgehead atoms. The lowest BCUT2D eigenvalue weighted by Crippen LogP contribution is -2.22. The number of esters is 2. The first-order valence-electron chi connectivity index (χ1n) is 13.7. The van der Waals surface area contributed by atoms with Crippen LogP contribution in [0.5, 0.6) is 5.75 Å². The molecule has 1 unspecified atom stereocenters. The molecule has 41 heavy (non-hydrogen) atoms. The number of nitrogens with zero attached hydrogens (tertiary/aromatic N) is 1. The zero-order valence-electron chi connectivity index (χ0n) is 23.9. The zero-order valence-corrected chi connectivity index (χ0v) is 23.9. The van der Waals surface area contributed by atoms with Gasteiger partial charge in [0.25, 0.3) is 0 Å². The fourth-order valence-electron chi connectivity index (χ4n) is 4.69. The van der Waals surface area contributed by atoms with Crippen LogP contribution < -0.4 is 10.1 Å². The van der Waals surface area contributed by atoms with Crippen LogP contribution >= 0.6 is 0 Å². The van der Waals surface area contributed by atoms with Gasteiger partial charge in [0.05, 0.1) is 32.6 Å². The summed E-state index contributed by atoms with van der Waals surface area (Å²) in [6, 6.07) is 8.67. The molecular weight excluding hydrogens is 541 g/mol. The number of aromatic nitrogens is 1. The minimum Gasteiger partial charge on any atom is -0.493 e. The molecule has 3 aromatic rings. The van der Waals surface area contributed by atoms with Crippen molar-refractivity contribution in [3.05, 3.63) is 58.3 Å². The number of methoxy groups -OCH3 is 2. The smallest absolute Gasteiger partial charge is 0.437 e. The van der Waals surface area contributed by atoms with Crippen molar-refractivity contribution in [2.75, 3.05) is 27.4 Å². The number of hydrogen-bond donors (Lipinski definition) is 1. The third-order valence-electron chi connectivity index (χ3n) is 6.82. The SMILES string of the molecule is CCCc1c(OCCCCNC(C)c2ccc(CC(=O)OC)cc2CCC(=O)OC)ccc2c(C(F)(F)F)noc12. The molecule has 0 fully saturated rings. The third kappa shape index (κ3) is 8.69. The number of nitrogens with one attached hydrogen (secondary N) is 1. The average molecular weight is 579 g/mol. The van der Waals surface area contributed by atoms with Crippen LogP contribution in [0.15, 0.2) is 34.9 Å². The van der Waals surface area contributed by atoms with Gasteiger partial charge < -0.3 is 24.1 Å². The van der Waals surface area contributed by atoms with Gasteiger partial charge in [-0.1, -0.05) is 36.7 Å². The molecule has 8 nitrogen and oxygen atoms in total. The fraction of sp³-hybridized carbons (Fsp3) is 0.500. The van der Waals surface area contributed by atoms with Crippen LogP contribution in [0.1, 0.15) is 73.5 Å². The van der Waals surface area contributed by atoms with Crippen LogP contribution in [0.3, 0.4) is 0 Å². The van der Waals surface area contributed by atoms with Gasteiger partial charge in [-0.25, -0.2) is 0 Å². The molecular formula is C30H37F3N2O6. The molecule has 224 valence electrons. The molecule has 0 saturated heterocycles. The Hall–Kier alpha value is -3.60. The first-order chi connectivity index (χ1) is 19.6. The summed E-state index contributed by atoms with van der Waals surface area (Å²) >= 11 is 0. The predicted octanol–water partition coefficient (Wildman–Crippen LogP) is 6.13. The van der Waals surface area contributed by atoms with E-state index in [1.165, 1.54) is 20.3 Å². The van der Waals surface area contributed by atoms with E-state index >= 15 is 0 Å². The quantitative estimate of drug-likeness (QED) is 0.170. The van der Waals surface area contributed by atoms with Crippen LogP contribution in [0.2, 0.25) is 0 Å².